The Kier molecular flexibility index (Phi) is 5.48. The molecule has 4 N–H and O–H groups in total. The molecule has 0 saturated heterocycles. The van der Waals surface area contributed by atoms with Crippen LogP contribution in [0.15, 0.2) is 53.3 Å². The Balaban J connectivity index is 1.65. The van der Waals surface area contributed by atoms with Crippen molar-refractivity contribution >= 4 is 10.9 Å². The fourth-order valence-corrected chi connectivity index (χ4v) is 3.18. The minimum atomic E-state index is -1.06. The third kappa shape index (κ3) is 4.67. The van der Waals surface area contributed by atoms with Gasteiger partial charge in [-0.3, -0.25) is 10.1 Å². The molecule has 1 unspecified atom stereocenters. The molecule has 0 aliphatic heterocycles. The lowest BCUT2D eigenvalue weighted by molar-refractivity contribution is 0.0252. The van der Waals surface area contributed by atoms with Gasteiger partial charge >= 0.3 is 0 Å². The van der Waals surface area contributed by atoms with Crippen LogP contribution >= 0.6 is 0 Å². The number of H-pyrrole nitrogens is 1. The van der Waals surface area contributed by atoms with E-state index in [0.717, 1.165) is 22.3 Å². The number of nitrogens with one attached hydrogen (secondary N) is 2. The first-order chi connectivity index (χ1) is 12.9. The van der Waals surface area contributed by atoms with Gasteiger partial charge in [-0.1, -0.05) is 18.2 Å². The van der Waals surface area contributed by atoms with E-state index in [0.29, 0.717) is 24.9 Å². The Morgan fingerprint density at radius 2 is 1.85 bits per heavy atom. The molecule has 0 amide bonds. The van der Waals surface area contributed by atoms with Gasteiger partial charge in [-0.2, -0.15) is 0 Å². The molecule has 0 saturated carbocycles. The monoisotopic (exact) mass is 368 g/mol. The zero-order valence-corrected chi connectivity index (χ0v) is 15.5. The Hall–Kier alpha value is -2.83. The molecule has 142 valence electrons. The number of hydrogen-bond donors (Lipinski definition) is 4. The zero-order valence-electron chi connectivity index (χ0n) is 15.5. The highest BCUT2D eigenvalue weighted by atomic mass is 16.5. The summed E-state index contributed by atoms with van der Waals surface area (Å²) in [6.07, 6.45) is 1.10. The molecule has 1 atom stereocenters. The number of benzene rings is 2. The highest BCUT2D eigenvalue weighted by Crippen LogP contribution is 2.25. The topological polar surface area (TPSA) is 94.6 Å². The number of ether oxygens (including phenoxy) is 1. The average Bonchev–Trinajstić information content (AvgIpc) is 2.64. The molecule has 1 aromatic heterocycles. The Labute approximate surface area is 157 Å². The van der Waals surface area contributed by atoms with Crippen molar-refractivity contribution in [1.29, 1.82) is 0 Å². The number of phenols is 1. The second kappa shape index (κ2) is 7.82. The molecule has 2 aromatic carbocycles. The van der Waals surface area contributed by atoms with Crippen molar-refractivity contribution in [2.24, 2.45) is 0 Å². The Morgan fingerprint density at radius 1 is 1.11 bits per heavy atom. The van der Waals surface area contributed by atoms with Gasteiger partial charge < -0.3 is 19.9 Å². The average molecular weight is 368 g/mol. The van der Waals surface area contributed by atoms with Crippen LogP contribution in [0.4, 0.5) is 0 Å². The first-order valence-electron chi connectivity index (χ1n) is 8.82. The second-order valence-corrected chi connectivity index (χ2v) is 6.83. The maximum Gasteiger partial charge on any atom is 0.248 e. The number of hydrogen-bond acceptors (Lipinski definition) is 5. The maximum atomic E-state index is 11.5. The Morgan fingerprint density at radius 3 is 2.56 bits per heavy atom. The highest BCUT2D eigenvalue weighted by Gasteiger charge is 2.20. The van der Waals surface area contributed by atoms with E-state index in [2.05, 4.69) is 10.3 Å². The van der Waals surface area contributed by atoms with Crippen LogP contribution in [0.1, 0.15) is 18.1 Å². The van der Waals surface area contributed by atoms with Crippen LogP contribution < -0.4 is 15.6 Å². The normalized spacial score (nSPS) is 13.4. The maximum absolute atomic E-state index is 11.5. The number of aromatic hydroxyl groups is 1. The first-order valence-corrected chi connectivity index (χ1v) is 8.82. The summed E-state index contributed by atoms with van der Waals surface area (Å²) in [5, 5.41) is 24.5. The molecule has 6 nitrogen and oxygen atoms in total. The number of aromatic amines is 1. The van der Waals surface area contributed by atoms with Crippen LogP contribution in [-0.4, -0.2) is 34.6 Å². The lowest BCUT2D eigenvalue weighted by Crippen LogP contribution is -2.45. The molecule has 6 heteroatoms. The zero-order chi connectivity index (χ0) is 19.4. The molecule has 3 aromatic rings. The van der Waals surface area contributed by atoms with E-state index in [1.54, 1.807) is 26.2 Å². The van der Waals surface area contributed by atoms with Crippen LogP contribution in [0.5, 0.6) is 11.5 Å². The molecule has 0 radical (unpaired) electrons. The number of aromatic nitrogens is 1. The molecule has 0 fully saturated rings. The minimum absolute atomic E-state index is 0.0471. The molecule has 1 heterocycles. The molecular weight excluding hydrogens is 344 g/mol. The van der Waals surface area contributed by atoms with Gasteiger partial charge in [0, 0.05) is 24.4 Å². The molecule has 0 spiro atoms. The molecule has 0 aliphatic rings. The summed E-state index contributed by atoms with van der Waals surface area (Å²) in [7, 11) is 1.62. The highest BCUT2D eigenvalue weighted by molar-refractivity contribution is 5.87. The predicted molar refractivity (Wildman–Crippen MR) is 105 cm³/mol. The van der Waals surface area contributed by atoms with Gasteiger partial charge in [-0.15, -0.1) is 0 Å². The van der Waals surface area contributed by atoms with Crippen molar-refractivity contribution in [1.82, 2.24) is 10.3 Å². The van der Waals surface area contributed by atoms with Crippen LogP contribution in [0.2, 0.25) is 0 Å². The number of methoxy groups -OCH3 is 1. The summed E-state index contributed by atoms with van der Waals surface area (Å²) in [6, 6.07) is 14.2. The van der Waals surface area contributed by atoms with Gasteiger partial charge in [-0.05, 0) is 48.7 Å². The smallest absolute Gasteiger partial charge is 0.248 e. The summed E-state index contributed by atoms with van der Waals surface area (Å²) >= 11 is 0. The second-order valence-electron chi connectivity index (χ2n) is 6.83. The first kappa shape index (κ1) is 18.9. The SMILES string of the molecule is COc1ccc(CC(C)(O)NCCc2ccc(O)c3[nH]c(=O)ccc23)cc1. The number of phenolic OH excluding ortho intramolecular Hbond substituents is 1. The van der Waals surface area contributed by atoms with Crippen molar-refractivity contribution in [2.45, 2.75) is 25.5 Å². The summed E-state index contributed by atoms with van der Waals surface area (Å²) in [5.41, 5.74) is 1.10. The van der Waals surface area contributed by atoms with Crippen LogP contribution in [-0.2, 0) is 12.8 Å². The fraction of sp³-hybridized carbons (Fsp3) is 0.286. The summed E-state index contributed by atoms with van der Waals surface area (Å²) in [4.78, 5) is 14.1. The summed E-state index contributed by atoms with van der Waals surface area (Å²) in [5.74, 6) is 0.828. The molecule has 27 heavy (non-hydrogen) atoms. The van der Waals surface area contributed by atoms with E-state index < -0.39 is 5.72 Å². The number of aliphatic hydroxyl groups is 1. The van der Waals surface area contributed by atoms with E-state index in [-0.39, 0.29) is 11.3 Å². The van der Waals surface area contributed by atoms with E-state index >= 15 is 0 Å². The van der Waals surface area contributed by atoms with Gasteiger partial charge in [0.15, 0.2) is 0 Å². The molecule has 0 aliphatic carbocycles. The van der Waals surface area contributed by atoms with Gasteiger partial charge in [-0.25, -0.2) is 0 Å². The van der Waals surface area contributed by atoms with Crippen LogP contribution in [0.3, 0.4) is 0 Å². The fourth-order valence-electron chi connectivity index (χ4n) is 3.18. The van der Waals surface area contributed by atoms with Crippen LogP contribution in [0.25, 0.3) is 10.9 Å². The van der Waals surface area contributed by atoms with E-state index in [1.165, 1.54) is 6.07 Å². The number of fused-ring (bicyclic) bond motifs is 1. The largest absolute Gasteiger partial charge is 0.506 e. The van der Waals surface area contributed by atoms with Gasteiger partial charge in [0.05, 0.1) is 12.6 Å². The van der Waals surface area contributed by atoms with Gasteiger partial charge in [0.2, 0.25) is 5.56 Å². The van der Waals surface area contributed by atoms with Crippen molar-refractivity contribution in [3.8, 4) is 11.5 Å². The van der Waals surface area contributed by atoms with Crippen LogP contribution in [0, 0.1) is 0 Å². The quantitative estimate of drug-likeness (QED) is 0.480. The van der Waals surface area contributed by atoms with Gasteiger partial charge in [0.25, 0.3) is 0 Å². The lowest BCUT2D eigenvalue weighted by Gasteiger charge is -2.25. The van der Waals surface area contributed by atoms with E-state index in [9.17, 15) is 15.0 Å². The summed E-state index contributed by atoms with van der Waals surface area (Å²) < 4.78 is 5.15. The van der Waals surface area contributed by atoms with Crippen molar-refractivity contribution in [3.05, 3.63) is 70.0 Å². The molecular formula is C21H24N2O4. The minimum Gasteiger partial charge on any atom is -0.506 e. The molecule has 3 rings (SSSR count). The third-order valence-corrected chi connectivity index (χ3v) is 4.57. The lowest BCUT2D eigenvalue weighted by atomic mass is 10.0. The number of pyridine rings is 1. The van der Waals surface area contributed by atoms with Gasteiger partial charge in [0.1, 0.15) is 17.2 Å². The summed E-state index contributed by atoms with van der Waals surface area (Å²) in [6.45, 7) is 2.28. The number of rotatable bonds is 7. The standard InChI is InChI=1S/C21H24N2O4/c1-21(26,13-14-3-6-16(27-2)7-4-14)22-12-11-15-5-9-18(24)20-17(15)8-10-19(25)23-20/h3-10,22,24,26H,11-13H2,1-2H3,(H,23,25). The van der Waals surface area contributed by atoms with Crippen molar-refractivity contribution in [2.75, 3.05) is 13.7 Å². The Bertz CT molecular complexity index is 978. The predicted octanol–water partition coefficient (Wildman–Crippen LogP) is 2.33. The molecule has 0 bridgehead atoms. The van der Waals surface area contributed by atoms with Crippen molar-refractivity contribution < 1.29 is 14.9 Å². The third-order valence-electron chi connectivity index (χ3n) is 4.57. The van der Waals surface area contributed by atoms with Crippen molar-refractivity contribution in [3.63, 3.8) is 0 Å². The van der Waals surface area contributed by atoms with E-state index in [4.69, 9.17) is 4.74 Å². The van der Waals surface area contributed by atoms with E-state index in [1.807, 2.05) is 30.3 Å².